The predicted molar refractivity (Wildman–Crippen MR) is 87.3 cm³/mol. The van der Waals surface area contributed by atoms with Crippen molar-refractivity contribution in [2.45, 2.75) is 6.04 Å². The maximum Gasteiger partial charge on any atom is 0.328 e. The van der Waals surface area contributed by atoms with E-state index >= 15 is 0 Å². The summed E-state index contributed by atoms with van der Waals surface area (Å²) in [7, 11) is 0. The molecule has 0 spiro atoms. The molecule has 0 saturated carbocycles. The summed E-state index contributed by atoms with van der Waals surface area (Å²) in [5.41, 5.74) is 4.14. The number of nitrogens with one attached hydrogen (secondary N) is 2. The molecule has 2 aromatic carbocycles. The molecule has 24 heavy (non-hydrogen) atoms. The molecular formula is C17H15N5O2. The SMILES string of the molecule is O=C(NC(c1ccccc1)c1ccccc1)C(=O)Nn1cnnc1. The Bertz CT molecular complexity index is 764. The molecule has 0 fully saturated rings. The molecule has 2 amide bonds. The first-order valence-electron chi connectivity index (χ1n) is 7.30. The molecule has 0 radical (unpaired) electrons. The van der Waals surface area contributed by atoms with Crippen LogP contribution in [0.15, 0.2) is 73.3 Å². The van der Waals surface area contributed by atoms with Crippen LogP contribution in [0, 0.1) is 0 Å². The van der Waals surface area contributed by atoms with Crippen molar-refractivity contribution in [3.05, 3.63) is 84.4 Å². The lowest BCUT2D eigenvalue weighted by molar-refractivity contribution is -0.137. The van der Waals surface area contributed by atoms with Gasteiger partial charge in [0.1, 0.15) is 12.7 Å². The number of carbonyl (C=O) groups excluding carboxylic acids is 2. The predicted octanol–water partition coefficient (Wildman–Crippen LogP) is 1.25. The van der Waals surface area contributed by atoms with Crippen LogP contribution in [0.25, 0.3) is 0 Å². The van der Waals surface area contributed by atoms with Gasteiger partial charge in [0.25, 0.3) is 0 Å². The van der Waals surface area contributed by atoms with Gasteiger partial charge in [0, 0.05) is 0 Å². The van der Waals surface area contributed by atoms with Gasteiger partial charge in [-0.1, -0.05) is 60.7 Å². The molecule has 0 saturated heterocycles. The van der Waals surface area contributed by atoms with Gasteiger partial charge < -0.3 is 5.32 Å². The average Bonchev–Trinajstić information content (AvgIpc) is 3.14. The quantitative estimate of drug-likeness (QED) is 0.708. The number of amides is 2. The highest BCUT2D eigenvalue weighted by Crippen LogP contribution is 2.21. The molecule has 0 aliphatic heterocycles. The second-order valence-corrected chi connectivity index (χ2v) is 5.04. The zero-order chi connectivity index (χ0) is 16.8. The maximum atomic E-state index is 12.2. The molecule has 0 aliphatic carbocycles. The van der Waals surface area contributed by atoms with Crippen molar-refractivity contribution in [2.24, 2.45) is 0 Å². The van der Waals surface area contributed by atoms with Gasteiger partial charge in [-0.2, -0.15) is 0 Å². The van der Waals surface area contributed by atoms with Crippen LogP contribution in [-0.4, -0.2) is 26.7 Å². The van der Waals surface area contributed by atoms with Gasteiger partial charge >= 0.3 is 11.8 Å². The molecule has 7 nitrogen and oxygen atoms in total. The Morgan fingerprint density at radius 1 is 0.792 bits per heavy atom. The first kappa shape index (κ1) is 15.4. The van der Waals surface area contributed by atoms with E-state index in [-0.39, 0.29) is 0 Å². The van der Waals surface area contributed by atoms with E-state index < -0.39 is 17.9 Å². The molecule has 0 bridgehead atoms. The van der Waals surface area contributed by atoms with Gasteiger partial charge in [-0.05, 0) is 11.1 Å². The highest BCUT2D eigenvalue weighted by Gasteiger charge is 2.21. The summed E-state index contributed by atoms with van der Waals surface area (Å²) >= 11 is 0. The Balaban J connectivity index is 1.79. The van der Waals surface area contributed by atoms with Crippen molar-refractivity contribution in [2.75, 3.05) is 5.43 Å². The second kappa shape index (κ2) is 7.19. The minimum absolute atomic E-state index is 0.424. The van der Waals surface area contributed by atoms with E-state index in [2.05, 4.69) is 20.9 Å². The van der Waals surface area contributed by atoms with Gasteiger partial charge in [0.15, 0.2) is 0 Å². The van der Waals surface area contributed by atoms with Crippen LogP contribution in [-0.2, 0) is 9.59 Å². The zero-order valence-corrected chi connectivity index (χ0v) is 12.7. The molecule has 0 unspecified atom stereocenters. The van der Waals surface area contributed by atoms with Crippen LogP contribution >= 0.6 is 0 Å². The van der Waals surface area contributed by atoms with Crippen LogP contribution in [0.1, 0.15) is 17.2 Å². The fourth-order valence-electron chi connectivity index (χ4n) is 2.27. The fraction of sp³-hybridized carbons (Fsp3) is 0.0588. The first-order valence-corrected chi connectivity index (χ1v) is 7.30. The minimum Gasteiger partial charge on any atom is -0.337 e. The first-order chi connectivity index (χ1) is 11.7. The Morgan fingerprint density at radius 2 is 1.29 bits per heavy atom. The van der Waals surface area contributed by atoms with E-state index in [4.69, 9.17) is 0 Å². The van der Waals surface area contributed by atoms with E-state index in [1.807, 2.05) is 60.7 Å². The van der Waals surface area contributed by atoms with Gasteiger partial charge in [-0.15, -0.1) is 10.2 Å². The molecule has 120 valence electrons. The van der Waals surface area contributed by atoms with Crippen molar-refractivity contribution < 1.29 is 9.59 Å². The summed E-state index contributed by atoms with van der Waals surface area (Å²) in [6.45, 7) is 0. The number of nitrogens with zero attached hydrogens (tertiary/aromatic N) is 3. The normalized spacial score (nSPS) is 10.4. The standard InChI is InChI=1S/C17H15N5O2/c23-16(17(24)21-22-11-18-19-12-22)20-15(13-7-3-1-4-8-13)14-9-5-2-6-10-14/h1-12,15H,(H,20,23)(H,21,24). The fourth-order valence-corrected chi connectivity index (χ4v) is 2.27. The van der Waals surface area contributed by atoms with Crippen molar-refractivity contribution in [1.82, 2.24) is 20.2 Å². The van der Waals surface area contributed by atoms with E-state index in [0.717, 1.165) is 11.1 Å². The lowest BCUT2D eigenvalue weighted by Crippen LogP contribution is -2.40. The van der Waals surface area contributed by atoms with Gasteiger partial charge in [-0.25, -0.2) is 4.68 Å². The lowest BCUT2D eigenvalue weighted by atomic mass is 9.99. The second-order valence-electron chi connectivity index (χ2n) is 5.04. The van der Waals surface area contributed by atoms with Crippen molar-refractivity contribution in [3.8, 4) is 0 Å². The van der Waals surface area contributed by atoms with Crippen LogP contribution in [0.3, 0.4) is 0 Å². The van der Waals surface area contributed by atoms with Crippen molar-refractivity contribution >= 4 is 11.8 Å². The Morgan fingerprint density at radius 3 is 1.79 bits per heavy atom. The number of hydrogen-bond donors (Lipinski definition) is 2. The summed E-state index contributed by atoms with van der Waals surface area (Å²) in [6.07, 6.45) is 2.58. The Labute approximate surface area is 138 Å². The van der Waals surface area contributed by atoms with E-state index in [1.165, 1.54) is 17.3 Å². The molecule has 1 heterocycles. The Kier molecular flexibility index (Phi) is 4.62. The largest absolute Gasteiger partial charge is 0.337 e. The van der Waals surface area contributed by atoms with Crippen molar-refractivity contribution in [1.29, 1.82) is 0 Å². The summed E-state index contributed by atoms with van der Waals surface area (Å²) in [5.74, 6) is -1.55. The minimum atomic E-state index is -0.799. The third kappa shape index (κ3) is 3.64. The van der Waals surface area contributed by atoms with E-state index in [1.54, 1.807) is 0 Å². The third-order valence-electron chi connectivity index (χ3n) is 3.40. The van der Waals surface area contributed by atoms with E-state index in [0.29, 0.717) is 0 Å². The summed E-state index contributed by atoms with van der Waals surface area (Å²) in [6, 6.07) is 18.5. The summed E-state index contributed by atoms with van der Waals surface area (Å²) in [5, 5.41) is 9.87. The number of carbonyl (C=O) groups is 2. The molecule has 2 N–H and O–H groups in total. The smallest absolute Gasteiger partial charge is 0.328 e. The zero-order valence-electron chi connectivity index (χ0n) is 12.7. The molecule has 3 aromatic rings. The van der Waals surface area contributed by atoms with E-state index in [9.17, 15) is 9.59 Å². The number of rotatable bonds is 4. The average molecular weight is 321 g/mol. The highest BCUT2D eigenvalue weighted by molar-refractivity contribution is 6.38. The Hall–Kier alpha value is -3.48. The number of hydrogen-bond acceptors (Lipinski definition) is 4. The van der Waals surface area contributed by atoms with Gasteiger partial charge in [-0.3, -0.25) is 15.0 Å². The molecule has 7 heteroatoms. The van der Waals surface area contributed by atoms with Gasteiger partial charge in [0.2, 0.25) is 0 Å². The third-order valence-corrected chi connectivity index (χ3v) is 3.40. The number of aromatic nitrogens is 3. The molecule has 0 atom stereocenters. The van der Waals surface area contributed by atoms with Crippen LogP contribution < -0.4 is 10.7 Å². The number of benzene rings is 2. The molecule has 1 aromatic heterocycles. The summed E-state index contributed by atoms with van der Waals surface area (Å²) in [4.78, 5) is 24.3. The molecular weight excluding hydrogens is 306 g/mol. The lowest BCUT2D eigenvalue weighted by Gasteiger charge is -2.19. The molecule has 0 aliphatic rings. The van der Waals surface area contributed by atoms with Gasteiger partial charge in [0.05, 0.1) is 6.04 Å². The van der Waals surface area contributed by atoms with Crippen molar-refractivity contribution in [3.63, 3.8) is 0 Å². The van der Waals surface area contributed by atoms with Crippen LogP contribution in [0.2, 0.25) is 0 Å². The van der Waals surface area contributed by atoms with Crippen LogP contribution in [0.4, 0.5) is 0 Å². The topological polar surface area (TPSA) is 88.9 Å². The maximum absolute atomic E-state index is 12.2. The molecule has 3 rings (SSSR count). The monoisotopic (exact) mass is 321 g/mol. The van der Waals surface area contributed by atoms with Crippen LogP contribution in [0.5, 0.6) is 0 Å². The highest BCUT2D eigenvalue weighted by atomic mass is 16.2. The summed E-state index contributed by atoms with van der Waals surface area (Å²) < 4.78 is 1.21.